The third kappa shape index (κ3) is 2.91. The summed E-state index contributed by atoms with van der Waals surface area (Å²) in [6.45, 7) is 3.26. The van der Waals surface area contributed by atoms with Gasteiger partial charge in [0.25, 0.3) is 0 Å². The molecule has 1 aromatic carbocycles. The summed E-state index contributed by atoms with van der Waals surface area (Å²) < 4.78 is 10.6. The van der Waals surface area contributed by atoms with Gasteiger partial charge in [-0.2, -0.15) is 0 Å². The molecular weight excluding hydrogens is 270 g/mol. The average molecular weight is 289 g/mol. The Morgan fingerprint density at radius 1 is 1.29 bits per heavy atom. The first-order valence-corrected chi connectivity index (χ1v) is 6.71. The first-order chi connectivity index (χ1) is 9.97. The maximum atomic E-state index is 11.9. The lowest BCUT2D eigenvalue weighted by Crippen LogP contribution is -2.33. The first-order valence-electron chi connectivity index (χ1n) is 6.71. The summed E-state index contributed by atoms with van der Waals surface area (Å²) in [6.07, 6.45) is 0.231. The van der Waals surface area contributed by atoms with E-state index in [0.717, 1.165) is 5.56 Å². The van der Waals surface area contributed by atoms with Gasteiger partial charge in [-0.25, -0.2) is 0 Å². The normalized spacial score (nSPS) is 18.3. The van der Waals surface area contributed by atoms with Gasteiger partial charge < -0.3 is 14.8 Å². The molecule has 0 saturated heterocycles. The molecule has 112 valence electrons. The van der Waals surface area contributed by atoms with Crippen LogP contribution in [-0.2, 0) is 9.59 Å². The molecule has 0 spiro atoms. The van der Waals surface area contributed by atoms with Crippen LogP contribution in [-0.4, -0.2) is 25.9 Å². The van der Waals surface area contributed by atoms with Crippen molar-refractivity contribution in [2.24, 2.45) is 0 Å². The molecule has 0 bridgehead atoms. The molecule has 1 atom stereocenters. The molecule has 21 heavy (non-hydrogen) atoms. The standard InChI is InChI=1S/C16H19NO4/c1-9-16(10(2)18)13(8-15(19)17-9)12-6-5-11(20-3)7-14(12)21-4/h5-7,13H,8H2,1-4H3,(H,17,19). The van der Waals surface area contributed by atoms with Crippen LogP contribution < -0.4 is 14.8 Å². The Morgan fingerprint density at radius 3 is 2.57 bits per heavy atom. The lowest BCUT2D eigenvalue weighted by atomic mass is 9.82. The quantitative estimate of drug-likeness (QED) is 0.922. The molecule has 1 unspecified atom stereocenters. The topological polar surface area (TPSA) is 64.6 Å². The van der Waals surface area contributed by atoms with Crippen molar-refractivity contribution in [2.45, 2.75) is 26.2 Å². The number of amides is 1. The van der Waals surface area contributed by atoms with Crippen molar-refractivity contribution in [3.05, 3.63) is 35.0 Å². The Kier molecular flexibility index (Phi) is 4.31. The van der Waals surface area contributed by atoms with Crippen molar-refractivity contribution in [2.75, 3.05) is 14.2 Å². The van der Waals surface area contributed by atoms with E-state index in [0.29, 0.717) is 22.8 Å². The van der Waals surface area contributed by atoms with Crippen molar-refractivity contribution in [3.8, 4) is 11.5 Å². The van der Waals surface area contributed by atoms with Crippen LogP contribution >= 0.6 is 0 Å². The maximum Gasteiger partial charge on any atom is 0.225 e. The fourth-order valence-corrected chi connectivity index (χ4v) is 2.76. The highest BCUT2D eigenvalue weighted by Crippen LogP contribution is 2.39. The smallest absolute Gasteiger partial charge is 0.225 e. The van der Waals surface area contributed by atoms with Crippen molar-refractivity contribution in [1.82, 2.24) is 5.32 Å². The summed E-state index contributed by atoms with van der Waals surface area (Å²) in [6, 6.07) is 5.41. The summed E-state index contributed by atoms with van der Waals surface area (Å²) >= 11 is 0. The molecule has 2 rings (SSSR count). The van der Waals surface area contributed by atoms with Crippen molar-refractivity contribution in [1.29, 1.82) is 0 Å². The van der Waals surface area contributed by atoms with Crippen LogP contribution in [0.1, 0.15) is 31.7 Å². The van der Waals surface area contributed by atoms with Crippen LogP contribution in [0.15, 0.2) is 29.5 Å². The molecule has 0 fully saturated rings. The van der Waals surface area contributed by atoms with Crippen LogP contribution in [0.4, 0.5) is 0 Å². The molecule has 1 amide bonds. The molecule has 0 radical (unpaired) electrons. The number of Topliss-reactive ketones (excluding diaryl/α,β-unsaturated/α-hetero) is 1. The van der Waals surface area contributed by atoms with Gasteiger partial charge in [-0.3, -0.25) is 9.59 Å². The van der Waals surface area contributed by atoms with Crippen molar-refractivity contribution >= 4 is 11.7 Å². The fourth-order valence-electron chi connectivity index (χ4n) is 2.76. The molecule has 0 saturated carbocycles. The van der Waals surface area contributed by atoms with Gasteiger partial charge in [-0.1, -0.05) is 6.07 Å². The minimum atomic E-state index is -0.294. The molecule has 5 nitrogen and oxygen atoms in total. The Labute approximate surface area is 123 Å². The number of ether oxygens (including phenoxy) is 2. The second-order valence-electron chi connectivity index (χ2n) is 5.01. The summed E-state index contributed by atoms with van der Waals surface area (Å²) in [5.74, 6) is 0.842. The van der Waals surface area contributed by atoms with Gasteiger partial charge in [0.05, 0.1) is 14.2 Å². The van der Waals surface area contributed by atoms with Gasteiger partial charge in [0.1, 0.15) is 11.5 Å². The summed E-state index contributed by atoms with van der Waals surface area (Å²) in [4.78, 5) is 23.8. The third-order valence-electron chi connectivity index (χ3n) is 3.66. The third-order valence-corrected chi connectivity index (χ3v) is 3.66. The van der Waals surface area contributed by atoms with Gasteiger partial charge >= 0.3 is 0 Å². The van der Waals surface area contributed by atoms with Gasteiger partial charge in [0.2, 0.25) is 5.91 Å². The predicted octanol–water partition coefficient (Wildman–Crippen LogP) is 2.17. The number of nitrogens with one attached hydrogen (secondary N) is 1. The van der Waals surface area contributed by atoms with E-state index in [2.05, 4.69) is 5.32 Å². The zero-order valence-corrected chi connectivity index (χ0v) is 12.6. The molecule has 1 aliphatic heterocycles. The highest BCUT2D eigenvalue weighted by molar-refractivity contribution is 5.99. The van der Waals surface area contributed by atoms with E-state index < -0.39 is 0 Å². The zero-order chi connectivity index (χ0) is 15.6. The Hall–Kier alpha value is -2.30. The van der Waals surface area contributed by atoms with E-state index in [9.17, 15) is 9.59 Å². The fraction of sp³-hybridized carbons (Fsp3) is 0.375. The summed E-state index contributed by atoms with van der Waals surface area (Å²) in [5, 5.41) is 2.72. The number of carbonyl (C=O) groups is 2. The maximum absolute atomic E-state index is 11.9. The number of hydrogen-bond acceptors (Lipinski definition) is 4. The highest BCUT2D eigenvalue weighted by Gasteiger charge is 2.31. The SMILES string of the molecule is COc1ccc(C2CC(=O)NC(C)=C2C(C)=O)c(OC)c1. The molecule has 1 aromatic rings. The van der Waals surface area contributed by atoms with Crippen LogP contribution in [0.25, 0.3) is 0 Å². The minimum Gasteiger partial charge on any atom is -0.497 e. The minimum absolute atomic E-state index is 0.0460. The number of carbonyl (C=O) groups excluding carboxylic acids is 2. The van der Waals surface area contributed by atoms with E-state index >= 15 is 0 Å². The number of rotatable bonds is 4. The molecular formula is C16H19NO4. The number of allylic oxidation sites excluding steroid dienone is 2. The van der Waals surface area contributed by atoms with Crippen LogP contribution in [0, 0.1) is 0 Å². The summed E-state index contributed by atoms with van der Waals surface area (Å²) in [5.41, 5.74) is 2.05. The van der Waals surface area contributed by atoms with Gasteiger partial charge in [0.15, 0.2) is 5.78 Å². The lowest BCUT2D eigenvalue weighted by molar-refractivity contribution is -0.121. The molecule has 1 N–H and O–H groups in total. The number of methoxy groups -OCH3 is 2. The van der Waals surface area contributed by atoms with Crippen molar-refractivity contribution < 1.29 is 19.1 Å². The van der Waals surface area contributed by atoms with Crippen molar-refractivity contribution in [3.63, 3.8) is 0 Å². The average Bonchev–Trinajstić information content (AvgIpc) is 2.45. The van der Waals surface area contributed by atoms with Gasteiger partial charge in [0, 0.05) is 35.2 Å². The second kappa shape index (κ2) is 5.99. The van der Waals surface area contributed by atoms with E-state index in [1.807, 2.05) is 6.07 Å². The van der Waals surface area contributed by atoms with E-state index in [1.54, 1.807) is 33.3 Å². The molecule has 1 aliphatic rings. The highest BCUT2D eigenvalue weighted by atomic mass is 16.5. The largest absolute Gasteiger partial charge is 0.497 e. The van der Waals surface area contributed by atoms with Gasteiger partial charge in [-0.15, -0.1) is 0 Å². The monoisotopic (exact) mass is 289 g/mol. The van der Waals surface area contributed by atoms with E-state index in [1.165, 1.54) is 6.92 Å². The first kappa shape index (κ1) is 15.1. The Bertz CT molecular complexity index is 619. The van der Waals surface area contributed by atoms with E-state index in [-0.39, 0.29) is 24.0 Å². The molecule has 0 aliphatic carbocycles. The molecule has 5 heteroatoms. The molecule has 0 aromatic heterocycles. The van der Waals surface area contributed by atoms with Crippen LogP contribution in [0.3, 0.4) is 0 Å². The van der Waals surface area contributed by atoms with Crippen LogP contribution in [0.5, 0.6) is 11.5 Å². The van der Waals surface area contributed by atoms with E-state index in [4.69, 9.17) is 9.47 Å². The van der Waals surface area contributed by atoms with Gasteiger partial charge in [-0.05, 0) is 19.9 Å². The second-order valence-corrected chi connectivity index (χ2v) is 5.01. The molecule has 1 heterocycles. The Balaban J connectivity index is 2.55. The number of hydrogen-bond donors (Lipinski definition) is 1. The Morgan fingerprint density at radius 2 is 2.00 bits per heavy atom. The summed E-state index contributed by atoms with van der Waals surface area (Å²) in [7, 11) is 3.14. The zero-order valence-electron chi connectivity index (χ0n) is 12.6. The number of ketones is 1. The number of benzene rings is 1. The van der Waals surface area contributed by atoms with Crippen LogP contribution in [0.2, 0.25) is 0 Å². The lowest BCUT2D eigenvalue weighted by Gasteiger charge is -2.27. The predicted molar refractivity (Wildman–Crippen MR) is 78.4 cm³/mol.